The van der Waals surface area contributed by atoms with Crippen LogP contribution < -0.4 is 15.4 Å². The number of hydrogen-bond donors (Lipinski definition) is 2. The molecule has 3 N–H and O–H groups in total. The Balaban J connectivity index is 1.97. The summed E-state index contributed by atoms with van der Waals surface area (Å²) in [4.78, 5) is 21.1. The lowest BCUT2D eigenvalue weighted by atomic mass is 10.1. The molecule has 32 heavy (non-hydrogen) atoms. The molecule has 0 aromatic carbocycles. The normalized spacial score (nSPS) is 17.0. The van der Waals surface area contributed by atoms with Gasteiger partial charge in [0, 0.05) is 43.9 Å². The van der Waals surface area contributed by atoms with Crippen molar-refractivity contribution in [3.05, 3.63) is 41.7 Å². The molecule has 1 amide bonds. The number of sulfonamides is 1. The van der Waals surface area contributed by atoms with Gasteiger partial charge in [0.1, 0.15) is 11.5 Å². The zero-order valence-electron chi connectivity index (χ0n) is 16.4. The van der Waals surface area contributed by atoms with E-state index < -0.39 is 57.4 Å². The van der Waals surface area contributed by atoms with E-state index in [1.165, 1.54) is 11.0 Å². The minimum Gasteiger partial charge on any atom is -0.356 e. The maximum atomic E-state index is 13.7. The summed E-state index contributed by atoms with van der Waals surface area (Å²) in [6, 6.07) is 3.71. The molecule has 0 saturated carbocycles. The maximum Gasteiger partial charge on any atom is 0.433 e. The van der Waals surface area contributed by atoms with Crippen LogP contribution in [-0.4, -0.2) is 43.3 Å². The van der Waals surface area contributed by atoms with Gasteiger partial charge in [0.25, 0.3) is 15.9 Å². The fourth-order valence-electron chi connectivity index (χ4n) is 3.14. The van der Waals surface area contributed by atoms with E-state index in [-0.39, 0.29) is 30.8 Å². The molecule has 0 bridgehead atoms. The van der Waals surface area contributed by atoms with Crippen molar-refractivity contribution in [3.8, 4) is 0 Å². The number of rotatable bonds is 4. The van der Waals surface area contributed by atoms with Crippen LogP contribution in [0.25, 0.3) is 0 Å². The molecule has 0 unspecified atom stereocenters. The second kappa shape index (κ2) is 8.58. The van der Waals surface area contributed by atoms with Crippen molar-refractivity contribution in [2.24, 2.45) is 5.14 Å². The zero-order valence-corrected chi connectivity index (χ0v) is 17.2. The molecule has 1 saturated heterocycles. The molecule has 2 aromatic rings. The number of halogens is 5. The van der Waals surface area contributed by atoms with Gasteiger partial charge in [-0.05, 0) is 24.6 Å². The van der Waals surface area contributed by atoms with E-state index in [2.05, 4.69) is 15.3 Å². The number of amides is 1. The minimum absolute atomic E-state index is 0.00589. The minimum atomic E-state index is -4.81. The Bertz CT molecular complexity index is 1120. The van der Waals surface area contributed by atoms with E-state index in [0.29, 0.717) is 6.07 Å². The molecule has 1 aliphatic rings. The van der Waals surface area contributed by atoms with Crippen molar-refractivity contribution in [2.75, 3.05) is 23.3 Å². The number of nitrogens with one attached hydrogen (secondary N) is 1. The van der Waals surface area contributed by atoms with E-state index in [4.69, 9.17) is 5.14 Å². The molecule has 3 rings (SSSR count). The summed E-state index contributed by atoms with van der Waals surface area (Å²) < 4.78 is 89.9. The zero-order chi connectivity index (χ0) is 23.7. The average molecular weight is 479 g/mol. The third kappa shape index (κ3) is 5.68. The summed E-state index contributed by atoms with van der Waals surface area (Å²) >= 11 is 0. The van der Waals surface area contributed by atoms with Gasteiger partial charge < -0.3 is 10.2 Å². The Hall–Kier alpha value is -2.87. The molecule has 0 atom stereocenters. The van der Waals surface area contributed by atoms with Crippen LogP contribution in [-0.2, 0) is 16.2 Å². The number of primary sulfonamides is 1. The van der Waals surface area contributed by atoms with Crippen LogP contribution in [0.1, 0.15) is 35.3 Å². The van der Waals surface area contributed by atoms with E-state index in [9.17, 15) is 35.2 Å². The maximum absolute atomic E-state index is 13.7. The number of hydrogen-bond acceptors (Lipinski definition) is 6. The van der Waals surface area contributed by atoms with Crippen LogP contribution in [0, 0.1) is 0 Å². The second-order valence-corrected chi connectivity index (χ2v) is 8.65. The van der Waals surface area contributed by atoms with Crippen molar-refractivity contribution in [3.63, 3.8) is 0 Å². The number of pyridine rings is 2. The molecule has 1 fully saturated rings. The number of alkyl halides is 5. The van der Waals surface area contributed by atoms with E-state index in [1.807, 2.05) is 0 Å². The molecule has 0 aliphatic carbocycles. The highest BCUT2D eigenvalue weighted by molar-refractivity contribution is 7.89. The predicted octanol–water partition coefficient (Wildman–Crippen LogP) is 3.02. The molecule has 2 aromatic heterocycles. The van der Waals surface area contributed by atoms with Crippen LogP contribution in [0.5, 0.6) is 0 Å². The van der Waals surface area contributed by atoms with Gasteiger partial charge >= 0.3 is 6.18 Å². The van der Waals surface area contributed by atoms with Crippen LogP contribution in [0.4, 0.5) is 33.5 Å². The SMILES string of the molecule is NS(=O)(=O)c1cc(NC(=O)c2ccc(C(F)(F)F)nc2N2CCCC(F)(F)CC2)ccn1. The Labute approximate surface area is 179 Å². The number of nitrogens with zero attached hydrogens (tertiary/aromatic N) is 3. The molecular formula is C18H18F5N5O3S. The first-order valence-electron chi connectivity index (χ1n) is 9.27. The van der Waals surface area contributed by atoms with Crippen molar-refractivity contribution < 1.29 is 35.2 Å². The molecule has 0 spiro atoms. The Morgan fingerprint density at radius 2 is 1.88 bits per heavy atom. The van der Waals surface area contributed by atoms with Gasteiger partial charge in [0.05, 0.1) is 5.56 Å². The summed E-state index contributed by atoms with van der Waals surface area (Å²) in [6.07, 6.45) is -4.79. The largest absolute Gasteiger partial charge is 0.433 e. The first-order chi connectivity index (χ1) is 14.8. The summed E-state index contributed by atoms with van der Waals surface area (Å²) in [5.74, 6) is -4.28. The van der Waals surface area contributed by atoms with Gasteiger partial charge in [-0.15, -0.1) is 0 Å². The standard InChI is InChI=1S/C18H18F5N5O3S/c19-17(20)5-1-8-28(9-6-17)15-12(2-3-13(27-15)18(21,22)23)16(29)26-11-4-7-25-14(10-11)32(24,30)31/h2-4,7,10H,1,5-6,8-9H2,(H2,24,30,31)(H,25,26,29). The molecule has 0 radical (unpaired) electrons. The summed E-state index contributed by atoms with van der Waals surface area (Å²) in [7, 11) is -4.17. The lowest BCUT2D eigenvalue weighted by Gasteiger charge is -2.25. The molecule has 1 aliphatic heterocycles. The molecule has 174 valence electrons. The number of anilines is 2. The van der Waals surface area contributed by atoms with Crippen molar-refractivity contribution in [1.82, 2.24) is 9.97 Å². The van der Waals surface area contributed by atoms with Gasteiger partial charge in [-0.3, -0.25) is 4.79 Å². The number of aromatic nitrogens is 2. The Morgan fingerprint density at radius 1 is 1.16 bits per heavy atom. The van der Waals surface area contributed by atoms with Crippen LogP contribution in [0.3, 0.4) is 0 Å². The Kier molecular flexibility index (Phi) is 6.38. The summed E-state index contributed by atoms with van der Waals surface area (Å²) in [5, 5.41) is 6.81. The predicted molar refractivity (Wildman–Crippen MR) is 104 cm³/mol. The van der Waals surface area contributed by atoms with Crippen molar-refractivity contribution in [1.29, 1.82) is 0 Å². The van der Waals surface area contributed by atoms with Gasteiger partial charge in [0.2, 0.25) is 5.92 Å². The third-order valence-electron chi connectivity index (χ3n) is 4.71. The highest BCUT2D eigenvalue weighted by Crippen LogP contribution is 2.34. The van der Waals surface area contributed by atoms with E-state index >= 15 is 0 Å². The van der Waals surface area contributed by atoms with E-state index in [0.717, 1.165) is 18.3 Å². The number of nitrogens with two attached hydrogens (primary N) is 1. The lowest BCUT2D eigenvalue weighted by Crippen LogP contribution is -2.30. The van der Waals surface area contributed by atoms with Crippen LogP contribution >= 0.6 is 0 Å². The van der Waals surface area contributed by atoms with Crippen LogP contribution in [0.15, 0.2) is 35.5 Å². The van der Waals surface area contributed by atoms with Gasteiger partial charge in [0.15, 0.2) is 5.03 Å². The third-order valence-corrected chi connectivity index (χ3v) is 5.52. The Morgan fingerprint density at radius 3 is 2.53 bits per heavy atom. The van der Waals surface area contributed by atoms with E-state index in [1.54, 1.807) is 0 Å². The van der Waals surface area contributed by atoms with Gasteiger partial charge in [-0.25, -0.2) is 32.3 Å². The first-order valence-corrected chi connectivity index (χ1v) is 10.8. The average Bonchev–Trinajstić information content (AvgIpc) is 2.87. The quantitative estimate of drug-likeness (QED) is 0.651. The molecule has 14 heteroatoms. The van der Waals surface area contributed by atoms with Crippen molar-refractivity contribution in [2.45, 2.75) is 36.4 Å². The van der Waals surface area contributed by atoms with Gasteiger partial charge in [-0.1, -0.05) is 0 Å². The fraction of sp³-hybridized carbons (Fsp3) is 0.389. The topological polar surface area (TPSA) is 118 Å². The number of carbonyl (C=O) groups is 1. The molecular weight excluding hydrogens is 461 g/mol. The highest BCUT2D eigenvalue weighted by atomic mass is 32.2. The second-order valence-electron chi connectivity index (χ2n) is 7.14. The number of carbonyl (C=O) groups excluding carboxylic acids is 1. The summed E-state index contributed by atoms with van der Waals surface area (Å²) in [6.45, 7) is -0.318. The monoisotopic (exact) mass is 479 g/mol. The smallest absolute Gasteiger partial charge is 0.356 e. The lowest BCUT2D eigenvalue weighted by molar-refractivity contribution is -0.141. The summed E-state index contributed by atoms with van der Waals surface area (Å²) in [5.41, 5.74) is -1.61. The molecule has 8 nitrogen and oxygen atoms in total. The fourth-order valence-corrected chi connectivity index (χ4v) is 3.64. The first kappa shape index (κ1) is 23.8. The van der Waals surface area contributed by atoms with Gasteiger partial charge in [-0.2, -0.15) is 13.2 Å². The molecule has 3 heterocycles. The van der Waals surface area contributed by atoms with Crippen LogP contribution in [0.2, 0.25) is 0 Å². The van der Waals surface area contributed by atoms with Crippen molar-refractivity contribution >= 4 is 27.4 Å². The highest BCUT2D eigenvalue weighted by Gasteiger charge is 2.36.